The van der Waals surface area contributed by atoms with Crippen molar-refractivity contribution < 1.29 is 9.47 Å². The zero-order valence-corrected chi connectivity index (χ0v) is 8.69. The van der Waals surface area contributed by atoms with Crippen molar-refractivity contribution in [1.82, 2.24) is 10.3 Å². The quantitative estimate of drug-likeness (QED) is 0.786. The molecule has 4 nitrogen and oxygen atoms in total. The Morgan fingerprint density at radius 2 is 2.53 bits per heavy atom. The molecule has 2 heterocycles. The Bertz CT molecular complexity index is 273. The van der Waals surface area contributed by atoms with Gasteiger partial charge in [0.2, 0.25) is 0 Å². The fourth-order valence-corrected chi connectivity index (χ4v) is 1.51. The van der Waals surface area contributed by atoms with E-state index in [4.69, 9.17) is 9.47 Å². The minimum Gasteiger partial charge on any atom is -0.373 e. The van der Waals surface area contributed by atoms with E-state index >= 15 is 0 Å². The van der Waals surface area contributed by atoms with Crippen LogP contribution in [0.3, 0.4) is 0 Å². The van der Waals surface area contributed by atoms with Crippen LogP contribution in [0.15, 0.2) is 24.4 Å². The highest BCUT2D eigenvalue weighted by atomic mass is 16.5. The van der Waals surface area contributed by atoms with Crippen LogP contribution in [0.1, 0.15) is 5.69 Å². The summed E-state index contributed by atoms with van der Waals surface area (Å²) in [5, 5.41) is 3.26. The van der Waals surface area contributed by atoms with Crippen LogP contribution in [0.4, 0.5) is 0 Å². The van der Waals surface area contributed by atoms with Crippen molar-refractivity contribution in [1.29, 1.82) is 0 Å². The molecule has 2 rings (SSSR count). The van der Waals surface area contributed by atoms with Crippen molar-refractivity contribution in [2.24, 2.45) is 0 Å². The van der Waals surface area contributed by atoms with Crippen LogP contribution in [0.5, 0.6) is 0 Å². The van der Waals surface area contributed by atoms with Crippen LogP contribution in [-0.4, -0.2) is 37.4 Å². The van der Waals surface area contributed by atoms with Crippen LogP contribution < -0.4 is 5.32 Å². The van der Waals surface area contributed by atoms with Gasteiger partial charge in [0.15, 0.2) is 0 Å². The number of nitrogens with one attached hydrogen (secondary N) is 1. The third kappa shape index (κ3) is 3.58. The molecule has 1 aromatic rings. The van der Waals surface area contributed by atoms with Crippen molar-refractivity contribution in [2.45, 2.75) is 12.7 Å². The van der Waals surface area contributed by atoms with Gasteiger partial charge in [0, 0.05) is 19.3 Å². The first-order valence-electron chi connectivity index (χ1n) is 5.25. The number of hydrogen-bond donors (Lipinski definition) is 1. The molecule has 82 valence electrons. The molecule has 1 unspecified atom stereocenters. The van der Waals surface area contributed by atoms with E-state index in [0.29, 0.717) is 13.2 Å². The number of pyridine rings is 1. The van der Waals surface area contributed by atoms with Crippen molar-refractivity contribution in [3.8, 4) is 0 Å². The fraction of sp³-hybridized carbons (Fsp3) is 0.545. The molecule has 0 aromatic carbocycles. The fourth-order valence-electron chi connectivity index (χ4n) is 1.51. The van der Waals surface area contributed by atoms with E-state index in [2.05, 4.69) is 10.3 Å². The first-order valence-corrected chi connectivity index (χ1v) is 5.25. The van der Waals surface area contributed by atoms with E-state index < -0.39 is 0 Å². The van der Waals surface area contributed by atoms with Crippen molar-refractivity contribution in [3.05, 3.63) is 30.1 Å². The van der Waals surface area contributed by atoms with Crippen LogP contribution in [0.2, 0.25) is 0 Å². The van der Waals surface area contributed by atoms with E-state index in [1.165, 1.54) is 0 Å². The second-order valence-electron chi connectivity index (χ2n) is 3.53. The molecule has 0 radical (unpaired) electrons. The number of rotatable bonds is 4. The molecule has 0 saturated carbocycles. The SMILES string of the molecule is c1ccc(COCC2CNCCO2)nc1. The Hall–Kier alpha value is -0.970. The molecule has 1 fully saturated rings. The Morgan fingerprint density at radius 1 is 1.53 bits per heavy atom. The Balaban J connectivity index is 1.66. The molecule has 1 saturated heterocycles. The molecule has 1 aliphatic rings. The van der Waals surface area contributed by atoms with Crippen LogP contribution in [0, 0.1) is 0 Å². The summed E-state index contributed by atoms with van der Waals surface area (Å²) in [7, 11) is 0. The number of ether oxygens (including phenoxy) is 2. The first-order chi connectivity index (χ1) is 7.45. The normalized spacial score (nSPS) is 21.5. The largest absolute Gasteiger partial charge is 0.373 e. The molecule has 1 N–H and O–H groups in total. The highest BCUT2D eigenvalue weighted by Crippen LogP contribution is 2.00. The van der Waals surface area contributed by atoms with E-state index in [1.54, 1.807) is 6.20 Å². The van der Waals surface area contributed by atoms with Crippen LogP contribution in [0.25, 0.3) is 0 Å². The molecular formula is C11H16N2O2. The minimum atomic E-state index is 0.183. The number of nitrogens with zero attached hydrogens (tertiary/aromatic N) is 1. The van der Waals surface area contributed by atoms with Gasteiger partial charge in [0.05, 0.1) is 31.6 Å². The van der Waals surface area contributed by atoms with Crippen LogP contribution >= 0.6 is 0 Å². The summed E-state index contributed by atoms with van der Waals surface area (Å²) in [6, 6.07) is 5.82. The molecule has 0 bridgehead atoms. The zero-order valence-electron chi connectivity index (χ0n) is 8.69. The third-order valence-electron chi connectivity index (χ3n) is 2.28. The minimum absolute atomic E-state index is 0.183. The van der Waals surface area contributed by atoms with Gasteiger partial charge in [-0.2, -0.15) is 0 Å². The second-order valence-corrected chi connectivity index (χ2v) is 3.53. The molecule has 0 spiro atoms. The van der Waals surface area contributed by atoms with Crippen molar-refractivity contribution in [3.63, 3.8) is 0 Å². The summed E-state index contributed by atoms with van der Waals surface area (Å²) in [5.41, 5.74) is 0.960. The third-order valence-corrected chi connectivity index (χ3v) is 2.28. The van der Waals surface area contributed by atoms with Gasteiger partial charge in [0.1, 0.15) is 0 Å². The standard InChI is InChI=1S/C11H16N2O2/c1-2-4-13-10(3-1)8-14-9-11-7-12-5-6-15-11/h1-4,11-12H,5-9H2. The van der Waals surface area contributed by atoms with Gasteiger partial charge in [0.25, 0.3) is 0 Å². The van der Waals surface area contributed by atoms with Gasteiger partial charge in [-0.3, -0.25) is 4.98 Å². The van der Waals surface area contributed by atoms with E-state index in [-0.39, 0.29) is 6.10 Å². The summed E-state index contributed by atoms with van der Waals surface area (Å²) in [5.74, 6) is 0. The van der Waals surface area contributed by atoms with Gasteiger partial charge >= 0.3 is 0 Å². The lowest BCUT2D eigenvalue weighted by atomic mass is 10.3. The topological polar surface area (TPSA) is 43.4 Å². The van der Waals surface area contributed by atoms with Crippen LogP contribution in [-0.2, 0) is 16.1 Å². The molecule has 15 heavy (non-hydrogen) atoms. The van der Waals surface area contributed by atoms with Gasteiger partial charge in [-0.25, -0.2) is 0 Å². The summed E-state index contributed by atoms with van der Waals surface area (Å²) < 4.78 is 11.0. The Kier molecular flexibility index (Phi) is 4.08. The van der Waals surface area contributed by atoms with Gasteiger partial charge in [-0.1, -0.05) is 6.07 Å². The second kappa shape index (κ2) is 5.80. The predicted octanol–water partition coefficient (Wildman–Crippen LogP) is 0.587. The number of aromatic nitrogens is 1. The highest BCUT2D eigenvalue weighted by Gasteiger charge is 2.12. The number of morpholine rings is 1. The molecule has 1 atom stereocenters. The van der Waals surface area contributed by atoms with Crippen molar-refractivity contribution in [2.75, 3.05) is 26.3 Å². The maximum atomic E-state index is 5.53. The molecule has 4 heteroatoms. The van der Waals surface area contributed by atoms with Crippen molar-refractivity contribution >= 4 is 0 Å². The molecule has 1 aromatic heterocycles. The molecule has 0 aliphatic carbocycles. The Labute approximate surface area is 89.6 Å². The average Bonchev–Trinajstić information content (AvgIpc) is 2.32. The van der Waals surface area contributed by atoms with E-state index in [0.717, 1.165) is 25.4 Å². The summed E-state index contributed by atoms with van der Waals surface area (Å²) in [4.78, 5) is 4.18. The van der Waals surface area contributed by atoms with Gasteiger partial charge in [-0.05, 0) is 12.1 Å². The lowest BCUT2D eigenvalue weighted by molar-refractivity contribution is -0.0363. The summed E-state index contributed by atoms with van der Waals surface area (Å²) >= 11 is 0. The average molecular weight is 208 g/mol. The molecule has 1 aliphatic heterocycles. The maximum Gasteiger partial charge on any atom is 0.0933 e. The van der Waals surface area contributed by atoms with Gasteiger partial charge < -0.3 is 14.8 Å². The Morgan fingerprint density at radius 3 is 3.27 bits per heavy atom. The highest BCUT2D eigenvalue weighted by molar-refractivity contribution is 5.01. The smallest absolute Gasteiger partial charge is 0.0933 e. The van der Waals surface area contributed by atoms with Gasteiger partial charge in [-0.15, -0.1) is 0 Å². The summed E-state index contributed by atoms with van der Waals surface area (Å²) in [6.07, 6.45) is 1.96. The predicted molar refractivity (Wildman–Crippen MR) is 56.5 cm³/mol. The monoisotopic (exact) mass is 208 g/mol. The maximum absolute atomic E-state index is 5.53. The van der Waals surface area contributed by atoms with E-state index in [1.807, 2.05) is 18.2 Å². The van der Waals surface area contributed by atoms with E-state index in [9.17, 15) is 0 Å². The molecule has 0 amide bonds. The zero-order chi connectivity index (χ0) is 10.3. The summed E-state index contributed by atoms with van der Waals surface area (Å²) in [6.45, 7) is 3.78. The number of hydrogen-bond acceptors (Lipinski definition) is 4. The lowest BCUT2D eigenvalue weighted by Crippen LogP contribution is -2.40. The first kappa shape index (κ1) is 10.5. The molecular weight excluding hydrogens is 192 g/mol. The lowest BCUT2D eigenvalue weighted by Gasteiger charge is -2.23.